The van der Waals surface area contributed by atoms with E-state index in [0.29, 0.717) is 29.8 Å². The molecule has 0 heterocycles. The van der Waals surface area contributed by atoms with Crippen molar-refractivity contribution >= 4 is 23.3 Å². The number of benzene rings is 2. The maximum atomic E-state index is 11.9. The topological polar surface area (TPSA) is 122 Å². The van der Waals surface area contributed by atoms with Crippen LogP contribution in [0.3, 0.4) is 0 Å². The number of nitrogens with one attached hydrogen (secondary N) is 1. The standard InChI is InChI=1S/C21H21NO7/c1-10-9-14(22-20(25)21(26)27)12-5-4-6-13(12)18(10)29-16-8-7-15(24)17(11(2)23)19(16)28-3/h7-9,24H,4-6H2,1-3H3,(H,22,25)(H,26,27). The molecule has 2 aromatic rings. The minimum atomic E-state index is -1.56. The number of carbonyl (C=O) groups is 3. The number of amides is 1. The lowest BCUT2D eigenvalue weighted by Gasteiger charge is -2.19. The van der Waals surface area contributed by atoms with E-state index in [1.54, 1.807) is 13.0 Å². The third-order valence-electron chi connectivity index (χ3n) is 4.85. The highest BCUT2D eigenvalue weighted by Crippen LogP contribution is 2.44. The first-order valence-corrected chi connectivity index (χ1v) is 9.03. The second-order valence-corrected chi connectivity index (χ2v) is 6.79. The first kappa shape index (κ1) is 20.2. The molecule has 1 aliphatic rings. The number of aryl methyl sites for hydroxylation is 1. The number of carbonyl (C=O) groups excluding carboxylic acids is 2. The summed E-state index contributed by atoms with van der Waals surface area (Å²) in [5.41, 5.74) is 2.86. The second-order valence-electron chi connectivity index (χ2n) is 6.79. The Morgan fingerprint density at radius 2 is 1.79 bits per heavy atom. The molecule has 8 nitrogen and oxygen atoms in total. The average Bonchev–Trinajstić information content (AvgIpc) is 3.14. The molecule has 3 N–H and O–H groups in total. The van der Waals surface area contributed by atoms with Crippen LogP contribution in [0.2, 0.25) is 0 Å². The van der Waals surface area contributed by atoms with E-state index >= 15 is 0 Å². The van der Waals surface area contributed by atoms with E-state index in [0.717, 1.165) is 17.5 Å². The Labute approximate surface area is 167 Å². The number of phenols is 1. The van der Waals surface area contributed by atoms with Crippen LogP contribution in [0.4, 0.5) is 5.69 Å². The second kappa shape index (κ2) is 7.83. The SMILES string of the molecule is COc1c(Oc2c(C)cc(NC(=O)C(=O)O)c3c2CCC3)ccc(O)c1C(C)=O. The number of phenolic OH excluding ortho intramolecular Hbond substituents is 1. The molecular weight excluding hydrogens is 378 g/mol. The fraction of sp³-hybridized carbons (Fsp3) is 0.286. The fourth-order valence-electron chi connectivity index (χ4n) is 3.61. The Morgan fingerprint density at radius 3 is 2.41 bits per heavy atom. The third kappa shape index (κ3) is 3.73. The molecule has 0 fully saturated rings. The molecule has 0 aromatic heterocycles. The van der Waals surface area contributed by atoms with Gasteiger partial charge in [0, 0.05) is 11.3 Å². The zero-order valence-electron chi connectivity index (χ0n) is 16.3. The van der Waals surface area contributed by atoms with E-state index in [-0.39, 0.29) is 28.6 Å². The minimum absolute atomic E-state index is 0.0321. The van der Waals surface area contributed by atoms with Crippen LogP contribution in [-0.4, -0.2) is 35.0 Å². The molecule has 0 bridgehead atoms. The number of carboxylic acids is 1. The van der Waals surface area contributed by atoms with Crippen molar-refractivity contribution in [1.29, 1.82) is 0 Å². The number of ketones is 1. The Morgan fingerprint density at radius 1 is 1.10 bits per heavy atom. The monoisotopic (exact) mass is 399 g/mol. The summed E-state index contributed by atoms with van der Waals surface area (Å²) in [4.78, 5) is 34.4. The quantitative estimate of drug-likeness (QED) is 0.521. The van der Waals surface area contributed by atoms with E-state index in [9.17, 15) is 19.5 Å². The Hall–Kier alpha value is -3.55. The van der Waals surface area contributed by atoms with Crippen molar-refractivity contribution in [2.45, 2.75) is 33.1 Å². The predicted molar refractivity (Wildman–Crippen MR) is 104 cm³/mol. The molecule has 0 saturated carbocycles. The van der Waals surface area contributed by atoms with Gasteiger partial charge in [-0.05, 0) is 62.4 Å². The van der Waals surface area contributed by atoms with Gasteiger partial charge in [-0.1, -0.05) is 0 Å². The molecule has 152 valence electrons. The van der Waals surface area contributed by atoms with Crippen LogP contribution in [0.25, 0.3) is 0 Å². The molecule has 1 aliphatic carbocycles. The lowest BCUT2D eigenvalue weighted by Crippen LogP contribution is -2.22. The van der Waals surface area contributed by atoms with Gasteiger partial charge in [-0.3, -0.25) is 9.59 Å². The fourth-order valence-corrected chi connectivity index (χ4v) is 3.61. The van der Waals surface area contributed by atoms with Gasteiger partial charge in [-0.15, -0.1) is 0 Å². The Bertz CT molecular complexity index is 1030. The van der Waals surface area contributed by atoms with Crippen molar-refractivity contribution in [3.8, 4) is 23.0 Å². The average molecular weight is 399 g/mol. The van der Waals surface area contributed by atoms with E-state index in [1.165, 1.54) is 26.2 Å². The van der Waals surface area contributed by atoms with E-state index in [2.05, 4.69) is 5.32 Å². The number of hydrogen-bond donors (Lipinski definition) is 3. The highest BCUT2D eigenvalue weighted by Gasteiger charge is 2.26. The van der Waals surface area contributed by atoms with Crippen LogP contribution in [0.5, 0.6) is 23.0 Å². The zero-order valence-corrected chi connectivity index (χ0v) is 16.3. The molecule has 0 saturated heterocycles. The zero-order chi connectivity index (χ0) is 21.3. The normalized spacial score (nSPS) is 12.2. The van der Waals surface area contributed by atoms with Crippen molar-refractivity contribution in [1.82, 2.24) is 0 Å². The van der Waals surface area contributed by atoms with Crippen molar-refractivity contribution in [3.05, 3.63) is 40.5 Å². The number of rotatable bonds is 5. The van der Waals surface area contributed by atoms with Gasteiger partial charge in [-0.25, -0.2) is 4.79 Å². The number of Topliss-reactive ketones (excluding diaryl/α,β-unsaturated/α-hetero) is 1. The lowest BCUT2D eigenvalue weighted by atomic mass is 10.0. The molecule has 29 heavy (non-hydrogen) atoms. The number of fused-ring (bicyclic) bond motifs is 1. The Balaban J connectivity index is 2.07. The first-order valence-electron chi connectivity index (χ1n) is 9.03. The van der Waals surface area contributed by atoms with Crippen molar-refractivity contribution < 1.29 is 34.1 Å². The van der Waals surface area contributed by atoms with Gasteiger partial charge < -0.3 is 25.0 Å². The van der Waals surface area contributed by atoms with Crippen LogP contribution < -0.4 is 14.8 Å². The number of anilines is 1. The summed E-state index contributed by atoms with van der Waals surface area (Å²) in [6, 6.07) is 4.55. The van der Waals surface area contributed by atoms with E-state index < -0.39 is 11.9 Å². The molecule has 0 unspecified atom stereocenters. The molecule has 3 rings (SSSR count). The summed E-state index contributed by atoms with van der Waals surface area (Å²) in [7, 11) is 1.38. The van der Waals surface area contributed by atoms with Gasteiger partial charge in [0.15, 0.2) is 17.3 Å². The van der Waals surface area contributed by atoms with Crippen LogP contribution >= 0.6 is 0 Å². The molecular formula is C21H21NO7. The van der Waals surface area contributed by atoms with Gasteiger partial charge in [0.1, 0.15) is 17.1 Å². The van der Waals surface area contributed by atoms with E-state index in [4.69, 9.17) is 14.6 Å². The maximum Gasteiger partial charge on any atom is 0.394 e. The molecule has 0 atom stereocenters. The molecule has 0 radical (unpaired) electrons. The van der Waals surface area contributed by atoms with Gasteiger partial charge in [-0.2, -0.15) is 0 Å². The third-order valence-corrected chi connectivity index (χ3v) is 4.85. The van der Waals surface area contributed by atoms with Crippen molar-refractivity contribution in [2.75, 3.05) is 12.4 Å². The van der Waals surface area contributed by atoms with Crippen LogP contribution in [0.15, 0.2) is 18.2 Å². The number of hydrogen-bond acceptors (Lipinski definition) is 6. The highest BCUT2D eigenvalue weighted by molar-refractivity contribution is 6.36. The molecule has 8 heteroatoms. The van der Waals surface area contributed by atoms with Crippen LogP contribution in [0, 0.1) is 6.92 Å². The maximum absolute atomic E-state index is 11.9. The summed E-state index contributed by atoms with van der Waals surface area (Å²) < 4.78 is 11.4. The lowest BCUT2D eigenvalue weighted by molar-refractivity contribution is -0.147. The Kier molecular flexibility index (Phi) is 5.45. The van der Waals surface area contributed by atoms with Gasteiger partial charge >= 0.3 is 11.9 Å². The summed E-state index contributed by atoms with van der Waals surface area (Å²) in [6.45, 7) is 3.10. The smallest absolute Gasteiger partial charge is 0.394 e. The van der Waals surface area contributed by atoms with Gasteiger partial charge in [0.25, 0.3) is 0 Å². The minimum Gasteiger partial charge on any atom is -0.507 e. The predicted octanol–water partition coefficient (Wildman–Crippen LogP) is 3.22. The molecule has 2 aromatic carbocycles. The number of aliphatic carboxylic acids is 1. The van der Waals surface area contributed by atoms with E-state index in [1.807, 2.05) is 0 Å². The summed E-state index contributed by atoms with van der Waals surface area (Å²) >= 11 is 0. The number of methoxy groups -OCH3 is 1. The van der Waals surface area contributed by atoms with Crippen LogP contribution in [0.1, 0.15) is 40.4 Å². The number of aromatic hydroxyl groups is 1. The largest absolute Gasteiger partial charge is 0.507 e. The van der Waals surface area contributed by atoms with Gasteiger partial charge in [0.05, 0.1) is 7.11 Å². The molecule has 0 spiro atoms. The van der Waals surface area contributed by atoms with Gasteiger partial charge in [0.2, 0.25) is 0 Å². The summed E-state index contributed by atoms with van der Waals surface area (Å²) in [5.74, 6) is -2.25. The van der Waals surface area contributed by atoms with Crippen LogP contribution in [-0.2, 0) is 22.4 Å². The van der Waals surface area contributed by atoms with Crippen molar-refractivity contribution in [3.63, 3.8) is 0 Å². The molecule has 1 amide bonds. The van der Waals surface area contributed by atoms with Crippen molar-refractivity contribution in [2.24, 2.45) is 0 Å². The summed E-state index contributed by atoms with van der Waals surface area (Å²) in [6.07, 6.45) is 2.20. The first-order chi connectivity index (χ1) is 13.7. The number of ether oxygens (including phenoxy) is 2. The summed E-state index contributed by atoms with van der Waals surface area (Å²) in [5, 5.41) is 21.3. The molecule has 0 aliphatic heterocycles. The highest BCUT2D eigenvalue weighted by atomic mass is 16.5. The number of carboxylic acid groups (broad SMARTS) is 1.